The summed E-state index contributed by atoms with van der Waals surface area (Å²) in [6.45, 7) is 10.1. The van der Waals surface area contributed by atoms with Gasteiger partial charge in [0.15, 0.2) is 5.78 Å². The van der Waals surface area contributed by atoms with Crippen LogP contribution in [0.4, 0.5) is 0 Å². The summed E-state index contributed by atoms with van der Waals surface area (Å²) in [6.07, 6.45) is 10.1. The van der Waals surface area contributed by atoms with Gasteiger partial charge in [0, 0.05) is 59.0 Å². The number of hydrogen-bond donors (Lipinski definition) is 1. The van der Waals surface area contributed by atoms with Gasteiger partial charge >= 0.3 is 0 Å². The van der Waals surface area contributed by atoms with E-state index in [2.05, 4.69) is 42.8 Å². The van der Waals surface area contributed by atoms with Crippen LogP contribution in [0.2, 0.25) is 0 Å². The van der Waals surface area contributed by atoms with E-state index in [-0.39, 0.29) is 11.7 Å². The van der Waals surface area contributed by atoms with Gasteiger partial charge in [-0.05, 0) is 61.2 Å². The number of aromatic amines is 1. The van der Waals surface area contributed by atoms with E-state index in [0.29, 0.717) is 0 Å². The van der Waals surface area contributed by atoms with Gasteiger partial charge in [-0.25, -0.2) is 0 Å². The first-order valence-corrected chi connectivity index (χ1v) is 12.5. The molecule has 0 saturated heterocycles. The van der Waals surface area contributed by atoms with E-state index in [1.165, 1.54) is 0 Å². The molecule has 2 aromatic heterocycles. The number of terminal acetylenes is 1. The molecule has 1 N–H and O–H groups in total. The molecule has 0 aliphatic heterocycles. The summed E-state index contributed by atoms with van der Waals surface area (Å²) in [7, 11) is 3.50. The maximum atomic E-state index is 13.9. The molecule has 1 aliphatic rings. The predicted octanol–water partition coefficient (Wildman–Crippen LogP) is 5.27. The lowest BCUT2D eigenvalue weighted by molar-refractivity contribution is -0.137. The van der Waals surface area contributed by atoms with Gasteiger partial charge in [0.25, 0.3) is 0 Å². The fraction of sp³-hybridized carbons (Fsp3) is 0.323. The lowest BCUT2D eigenvalue weighted by Gasteiger charge is -2.33. The molecule has 2 aromatic carbocycles. The van der Waals surface area contributed by atoms with Gasteiger partial charge in [-0.1, -0.05) is 32.8 Å². The van der Waals surface area contributed by atoms with Crippen molar-refractivity contribution in [2.24, 2.45) is 0 Å². The Hall–Kier alpha value is -4.11. The van der Waals surface area contributed by atoms with Crippen molar-refractivity contribution in [2.45, 2.75) is 52.0 Å². The Balaban J connectivity index is 1.68. The number of hydrogen-bond acceptors (Lipinski definition) is 3. The van der Waals surface area contributed by atoms with Crippen LogP contribution >= 0.6 is 0 Å². The van der Waals surface area contributed by atoms with Gasteiger partial charge in [-0.3, -0.25) is 14.3 Å². The van der Waals surface area contributed by atoms with Crippen LogP contribution in [-0.4, -0.2) is 45.5 Å². The number of nitrogens with zero attached hydrogens (tertiary/aromatic N) is 3. The fourth-order valence-electron chi connectivity index (χ4n) is 5.58. The Kier molecular flexibility index (Phi) is 5.45. The number of benzene rings is 2. The standard InChI is InChI=1S/C31H32N4O2/c1-9-18-11-12-21-25(13-18)33-28-26(21)27(36)23-14-19(10-2)22(15-24(23)30(28,3)4)20-16-32-35(17-20)31(5,6)29(37)34(7)8/h1,11-17,33H,10H2,2-8H3. The molecule has 6 heteroatoms. The summed E-state index contributed by atoms with van der Waals surface area (Å²) in [5, 5.41) is 5.46. The van der Waals surface area contributed by atoms with E-state index in [1.807, 2.05) is 44.3 Å². The van der Waals surface area contributed by atoms with Gasteiger partial charge in [0.2, 0.25) is 5.91 Å². The van der Waals surface area contributed by atoms with Crippen LogP contribution in [0.25, 0.3) is 22.0 Å². The minimum absolute atomic E-state index is 0.0266. The number of rotatable bonds is 4. The minimum Gasteiger partial charge on any atom is -0.357 e. The molecule has 188 valence electrons. The molecular formula is C31H32N4O2. The molecule has 0 fully saturated rings. The Bertz CT molecular complexity index is 1640. The first-order valence-electron chi connectivity index (χ1n) is 12.5. The van der Waals surface area contributed by atoms with Gasteiger partial charge in [-0.15, -0.1) is 6.42 Å². The molecule has 1 aliphatic carbocycles. The van der Waals surface area contributed by atoms with Crippen LogP contribution in [-0.2, 0) is 22.2 Å². The topological polar surface area (TPSA) is 71.0 Å². The van der Waals surface area contributed by atoms with Crippen molar-refractivity contribution in [3.05, 3.63) is 76.2 Å². The number of amides is 1. The fourth-order valence-corrected chi connectivity index (χ4v) is 5.58. The van der Waals surface area contributed by atoms with E-state index >= 15 is 0 Å². The van der Waals surface area contributed by atoms with Crippen LogP contribution in [0.1, 0.15) is 72.9 Å². The molecule has 37 heavy (non-hydrogen) atoms. The number of carbonyl (C=O) groups excluding carboxylic acids is 2. The van der Waals surface area contributed by atoms with Crippen LogP contribution in [0.3, 0.4) is 0 Å². The number of H-pyrrole nitrogens is 1. The molecule has 0 unspecified atom stereocenters. The van der Waals surface area contributed by atoms with Gasteiger partial charge < -0.3 is 9.88 Å². The van der Waals surface area contributed by atoms with Crippen molar-refractivity contribution in [3.8, 4) is 23.5 Å². The first-order chi connectivity index (χ1) is 17.4. The van der Waals surface area contributed by atoms with E-state index in [4.69, 9.17) is 6.42 Å². The number of likely N-dealkylation sites (N-methyl/N-ethyl adjacent to an activating group) is 1. The Morgan fingerprint density at radius 2 is 1.92 bits per heavy atom. The normalized spacial score (nSPS) is 14.3. The molecular weight excluding hydrogens is 460 g/mol. The summed E-state index contributed by atoms with van der Waals surface area (Å²) in [6, 6.07) is 9.93. The van der Waals surface area contributed by atoms with Crippen molar-refractivity contribution in [2.75, 3.05) is 14.1 Å². The quantitative estimate of drug-likeness (QED) is 0.395. The summed E-state index contributed by atoms with van der Waals surface area (Å²) in [5.74, 6) is 2.67. The highest BCUT2D eigenvalue weighted by molar-refractivity contribution is 6.20. The Morgan fingerprint density at radius 1 is 1.19 bits per heavy atom. The zero-order valence-electron chi connectivity index (χ0n) is 22.5. The molecule has 5 rings (SSSR count). The van der Waals surface area contributed by atoms with Crippen molar-refractivity contribution < 1.29 is 9.59 Å². The zero-order valence-corrected chi connectivity index (χ0v) is 22.5. The lowest BCUT2D eigenvalue weighted by atomic mass is 9.70. The number of aryl methyl sites for hydroxylation is 1. The third-order valence-corrected chi connectivity index (χ3v) is 7.76. The summed E-state index contributed by atoms with van der Waals surface area (Å²) in [5.41, 5.74) is 6.72. The van der Waals surface area contributed by atoms with Gasteiger partial charge in [-0.2, -0.15) is 5.10 Å². The van der Waals surface area contributed by atoms with Crippen LogP contribution < -0.4 is 0 Å². The second-order valence-corrected chi connectivity index (χ2v) is 11.1. The molecule has 0 atom stereocenters. The molecule has 0 saturated carbocycles. The molecule has 0 spiro atoms. The van der Waals surface area contributed by atoms with Crippen molar-refractivity contribution >= 4 is 22.6 Å². The maximum absolute atomic E-state index is 13.9. The van der Waals surface area contributed by atoms with Crippen LogP contribution in [0.5, 0.6) is 0 Å². The first kappa shape index (κ1) is 24.6. The van der Waals surface area contributed by atoms with Crippen molar-refractivity contribution in [3.63, 3.8) is 0 Å². The highest BCUT2D eigenvalue weighted by Gasteiger charge is 2.40. The molecule has 4 aromatic rings. The molecule has 6 nitrogen and oxygen atoms in total. The van der Waals surface area contributed by atoms with Crippen molar-refractivity contribution in [1.29, 1.82) is 0 Å². The number of carbonyl (C=O) groups is 2. The molecule has 2 heterocycles. The van der Waals surface area contributed by atoms with Gasteiger partial charge in [0.1, 0.15) is 5.54 Å². The minimum atomic E-state index is -0.825. The predicted molar refractivity (Wildman–Crippen MR) is 147 cm³/mol. The smallest absolute Gasteiger partial charge is 0.249 e. The lowest BCUT2D eigenvalue weighted by Crippen LogP contribution is -2.44. The summed E-state index contributed by atoms with van der Waals surface area (Å²) in [4.78, 5) is 31.8. The number of fused-ring (bicyclic) bond motifs is 4. The molecule has 0 bridgehead atoms. The largest absolute Gasteiger partial charge is 0.357 e. The van der Waals surface area contributed by atoms with E-state index in [1.54, 1.807) is 29.9 Å². The van der Waals surface area contributed by atoms with Crippen LogP contribution in [0, 0.1) is 12.3 Å². The number of ketones is 1. The molecule has 0 radical (unpaired) electrons. The van der Waals surface area contributed by atoms with Gasteiger partial charge in [0.05, 0.1) is 11.8 Å². The van der Waals surface area contributed by atoms with Crippen molar-refractivity contribution in [1.82, 2.24) is 19.7 Å². The average Bonchev–Trinajstić information content (AvgIpc) is 3.52. The molecule has 1 amide bonds. The van der Waals surface area contributed by atoms with E-state index < -0.39 is 11.0 Å². The highest BCUT2D eigenvalue weighted by atomic mass is 16.2. The monoisotopic (exact) mass is 492 g/mol. The summed E-state index contributed by atoms with van der Waals surface area (Å²) >= 11 is 0. The average molecular weight is 493 g/mol. The zero-order chi connectivity index (χ0) is 26.9. The van der Waals surface area contributed by atoms with E-state index in [9.17, 15) is 9.59 Å². The Morgan fingerprint density at radius 3 is 2.57 bits per heavy atom. The SMILES string of the molecule is C#Cc1ccc2c3c([nH]c2c1)C(C)(C)c1cc(-c2cnn(C(C)(C)C(=O)N(C)C)c2)c(CC)cc1C3=O. The number of nitrogens with one attached hydrogen (secondary N) is 1. The third-order valence-electron chi connectivity index (χ3n) is 7.76. The van der Waals surface area contributed by atoms with E-state index in [0.717, 1.165) is 62.0 Å². The number of aromatic nitrogens is 3. The highest BCUT2D eigenvalue weighted by Crippen LogP contribution is 2.45. The Labute approximate surface area is 217 Å². The van der Waals surface area contributed by atoms with Crippen LogP contribution in [0.15, 0.2) is 42.7 Å². The summed E-state index contributed by atoms with van der Waals surface area (Å²) < 4.78 is 1.72. The second kappa shape index (κ2) is 8.21. The second-order valence-electron chi connectivity index (χ2n) is 11.1. The third kappa shape index (κ3) is 3.53. The maximum Gasteiger partial charge on any atom is 0.249 e.